The summed E-state index contributed by atoms with van der Waals surface area (Å²) in [6.45, 7) is 17.4. The summed E-state index contributed by atoms with van der Waals surface area (Å²) in [6.07, 6.45) is 9.05. The highest BCUT2D eigenvalue weighted by Crippen LogP contribution is 2.30. The van der Waals surface area contributed by atoms with Crippen molar-refractivity contribution < 1.29 is 4.79 Å². The minimum atomic E-state index is -0.0596. The Hall–Kier alpha value is -3.55. The molecule has 42 heavy (non-hydrogen) atoms. The zero-order chi connectivity index (χ0) is 30.2. The predicted molar refractivity (Wildman–Crippen MR) is 184 cm³/mol. The predicted octanol–water partition coefficient (Wildman–Crippen LogP) is 6.99. The number of benzene rings is 2. The lowest BCUT2D eigenvalue weighted by Crippen LogP contribution is -2.33. The number of nitrogens with one attached hydrogen (secondary N) is 3. The Kier molecular flexibility index (Phi) is 17.0. The van der Waals surface area contributed by atoms with Gasteiger partial charge in [0.25, 0.3) is 5.91 Å². The van der Waals surface area contributed by atoms with Crippen LogP contribution in [0.25, 0.3) is 5.57 Å². The maximum Gasteiger partial charge on any atom is 0.251 e. The van der Waals surface area contributed by atoms with E-state index in [0.717, 1.165) is 49.3 Å². The lowest BCUT2D eigenvalue weighted by atomic mass is 9.91. The molecule has 0 saturated carbocycles. The molecule has 230 valence electrons. The van der Waals surface area contributed by atoms with E-state index in [9.17, 15) is 4.79 Å². The molecule has 0 radical (unpaired) electrons. The molecule has 0 atom stereocenters. The fraction of sp³-hybridized carbons (Fsp3) is 0.457. The van der Waals surface area contributed by atoms with E-state index < -0.39 is 0 Å². The number of carbonyl (C=O) groups is 1. The quantitative estimate of drug-likeness (QED) is 0.118. The van der Waals surface area contributed by atoms with Gasteiger partial charge in [0.1, 0.15) is 0 Å². The van der Waals surface area contributed by atoms with Crippen molar-refractivity contribution in [2.45, 2.75) is 81.6 Å². The van der Waals surface area contributed by atoms with E-state index in [0.29, 0.717) is 30.9 Å². The summed E-state index contributed by atoms with van der Waals surface area (Å²) in [5, 5.41) is 9.76. The maximum absolute atomic E-state index is 12.8. The van der Waals surface area contributed by atoms with Crippen LogP contribution < -0.4 is 21.7 Å². The molecular weight excluding hydrogens is 520 g/mol. The molecular formula is C35H54N6O. The van der Waals surface area contributed by atoms with Crippen LogP contribution in [-0.4, -0.2) is 43.6 Å². The van der Waals surface area contributed by atoms with Crippen LogP contribution in [0.15, 0.2) is 58.8 Å². The second-order valence-electron chi connectivity index (χ2n) is 9.74. The van der Waals surface area contributed by atoms with Crippen molar-refractivity contribution in [1.82, 2.24) is 10.6 Å². The minimum Gasteiger partial charge on any atom is -0.351 e. The Balaban J connectivity index is 0.00000288. The van der Waals surface area contributed by atoms with Gasteiger partial charge in [-0.2, -0.15) is 0 Å². The second-order valence-corrected chi connectivity index (χ2v) is 9.74. The normalized spacial score (nSPS) is 12.7. The number of nitrogens with two attached hydrogens (primary N) is 1. The number of rotatable bonds is 13. The van der Waals surface area contributed by atoms with Crippen molar-refractivity contribution in [2.75, 3.05) is 31.5 Å². The number of carbonyl (C=O) groups excluding carboxylic acids is 1. The first-order valence-electron chi connectivity index (χ1n) is 15.1. The smallest absolute Gasteiger partial charge is 0.251 e. The van der Waals surface area contributed by atoms with Crippen molar-refractivity contribution >= 4 is 28.7 Å². The van der Waals surface area contributed by atoms with Gasteiger partial charge in [-0.15, -0.1) is 0 Å². The van der Waals surface area contributed by atoms with Crippen LogP contribution in [0.1, 0.15) is 93.1 Å². The van der Waals surface area contributed by atoms with Crippen molar-refractivity contribution in [3.05, 3.63) is 82.2 Å². The summed E-state index contributed by atoms with van der Waals surface area (Å²) in [7, 11) is 0. The molecule has 5 N–H and O–H groups in total. The summed E-state index contributed by atoms with van der Waals surface area (Å²) in [4.78, 5) is 22.2. The lowest BCUT2D eigenvalue weighted by Gasteiger charge is -2.15. The summed E-state index contributed by atoms with van der Waals surface area (Å²) in [6, 6.07) is 10.3. The monoisotopic (exact) mass is 574 g/mol. The molecule has 0 unspecified atom stereocenters. The Morgan fingerprint density at radius 1 is 1.02 bits per heavy atom. The number of allylic oxidation sites excluding steroid dienone is 2. The highest BCUT2D eigenvalue weighted by molar-refractivity contribution is 6.48. The molecule has 0 saturated heterocycles. The van der Waals surface area contributed by atoms with Crippen LogP contribution >= 0.6 is 0 Å². The molecule has 1 amide bonds. The number of nitrogens with zero attached hydrogens (tertiary/aromatic N) is 2. The van der Waals surface area contributed by atoms with Crippen LogP contribution in [0.2, 0.25) is 0 Å². The summed E-state index contributed by atoms with van der Waals surface area (Å²) < 4.78 is 0. The highest BCUT2D eigenvalue weighted by Gasteiger charge is 2.20. The van der Waals surface area contributed by atoms with Gasteiger partial charge in [0.2, 0.25) is 0 Å². The highest BCUT2D eigenvalue weighted by atomic mass is 16.1. The van der Waals surface area contributed by atoms with E-state index in [2.05, 4.69) is 60.8 Å². The molecule has 0 bridgehead atoms. The van der Waals surface area contributed by atoms with E-state index in [4.69, 9.17) is 10.7 Å². The summed E-state index contributed by atoms with van der Waals surface area (Å²) in [5.74, 6) is 0.650. The molecule has 1 aliphatic heterocycles. The van der Waals surface area contributed by atoms with Crippen molar-refractivity contribution in [3.63, 3.8) is 0 Å². The number of amidine groups is 1. The molecule has 1 aliphatic rings. The molecule has 1 heterocycles. The standard InChI is InChI=1S/C32H44N6O.C2H6.CH4/c1-6-15-35-31(30-20-26(21-37-30)28-12-10-24(7-2)22(4)23(28)5)38-27-11-13-29(25(8-3)19-27)32(39)36-18-17-34-16-9-14-33;1-2;/h6,10-13,15,19,21,34H,7-9,14,16-18,20,33H2,1-5H3,(H,35,38)(H,36,39);1-2H3;1H4/b15-6-;;. The SMILES string of the molecule is C.C/C=C\N=C(Nc1ccc(C(=O)NCCNCCCN)c(CC)c1)C1=NC=C(c2ccc(CC)c(C)c2C)C1.CC. The van der Waals surface area contributed by atoms with E-state index in [1.165, 1.54) is 27.8 Å². The third kappa shape index (κ3) is 10.1. The number of aliphatic imine (C=N–C) groups is 2. The Bertz CT molecular complexity index is 1270. The number of aryl methyl sites for hydroxylation is 2. The minimum absolute atomic E-state index is 0. The van der Waals surface area contributed by atoms with E-state index in [-0.39, 0.29) is 13.3 Å². The van der Waals surface area contributed by atoms with Gasteiger partial charge in [0.05, 0.1) is 5.71 Å². The van der Waals surface area contributed by atoms with Gasteiger partial charge >= 0.3 is 0 Å². The third-order valence-electron chi connectivity index (χ3n) is 7.12. The van der Waals surface area contributed by atoms with Gasteiger partial charge in [-0.3, -0.25) is 9.79 Å². The Labute approximate surface area is 254 Å². The summed E-state index contributed by atoms with van der Waals surface area (Å²) in [5.41, 5.74) is 15.4. The van der Waals surface area contributed by atoms with Gasteiger partial charge in [-0.25, -0.2) is 4.99 Å². The molecule has 0 fully saturated rings. The topological polar surface area (TPSA) is 104 Å². The number of hydrogen-bond acceptors (Lipinski definition) is 5. The first-order chi connectivity index (χ1) is 19.9. The van der Waals surface area contributed by atoms with E-state index in [1.807, 2.05) is 51.2 Å². The van der Waals surface area contributed by atoms with Crippen molar-refractivity contribution in [2.24, 2.45) is 15.7 Å². The van der Waals surface area contributed by atoms with Gasteiger partial charge in [-0.05, 0) is 105 Å². The number of hydrogen-bond donors (Lipinski definition) is 4. The second kappa shape index (κ2) is 19.5. The fourth-order valence-corrected chi connectivity index (χ4v) is 4.71. The van der Waals surface area contributed by atoms with Crippen molar-refractivity contribution in [1.29, 1.82) is 0 Å². The number of amides is 1. The van der Waals surface area contributed by atoms with Crippen molar-refractivity contribution in [3.8, 4) is 0 Å². The third-order valence-corrected chi connectivity index (χ3v) is 7.12. The molecule has 0 aromatic heterocycles. The van der Waals surface area contributed by atoms with Crippen LogP contribution in [0.4, 0.5) is 5.69 Å². The van der Waals surface area contributed by atoms with Gasteiger partial charge in [-0.1, -0.05) is 53.3 Å². The molecule has 7 nitrogen and oxygen atoms in total. The molecule has 2 aromatic rings. The van der Waals surface area contributed by atoms with E-state index in [1.54, 1.807) is 6.20 Å². The summed E-state index contributed by atoms with van der Waals surface area (Å²) >= 11 is 0. The van der Waals surface area contributed by atoms with Gasteiger partial charge < -0.3 is 21.7 Å². The van der Waals surface area contributed by atoms with Crippen LogP contribution in [0, 0.1) is 13.8 Å². The fourth-order valence-electron chi connectivity index (χ4n) is 4.71. The molecule has 3 rings (SSSR count). The number of anilines is 1. The molecule has 2 aromatic carbocycles. The maximum atomic E-state index is 12.8. The molecule has 0 aliphatic carbocycles. The van der Waals surface area contributed by atoms with E-state index >= 15 is 0 Å². The van der Waals surface area contributed by atoms with Crippen LogP contribution in [0.5, 0.6) is 0 Å². The Morgan fingerprint density at radius 3 is 2.43 bits per heavy atom. The van der Waals surface area contributed by atoms with Crippen LogP contribution in [0.3, 0.4) is 0 Å². The first kappa shape index (κ1) is 36.5. The first-order valence-corrected chi connectivity index (χ1v) is 15.1. The largest absolute Gasteiger partial charge is 0.351 e. The zero-order valence-electron chi connectivity index (χ0n) is 26.2. The average Bonchev–Trinajstić information content (AvgIpc) is 3.49. The average molecular weight is 575 g/mol. The van der Waals surface area contributed by atoms with Gasteiger partial charge in [0.15, 0.2) is 5.84 Å². The Morgan fingerprint density at radius 2 is 1.76 bits per heavy atom. The van der Waals surface area contributed by atoms with Crippen LogP contribution in [-0.2, 0) is 12.8 Å². The molecule has 0 spiro atoms. The zero-order valence-corrected chi connectivity index (χ0v) is 26.2. The molecule has 7 heteroatoms. The lowest BCUT2D eigenvalue weighted by molar-refractivity contribution is 0.0953. The van der Waals surface area contributed by atoms with Gasteiger partial charge in [0, 0.05) is 43.2 Å².